The van der Waals surface area contributed by atoms with E-state index in [1.807, 2.05) is 6.92 Å². The second-order valence-corrected chi connectivity index (χ2v) is 11.0. The van der Waals surface area contributed by atoms with Gasteiger partial charge in [0.05, 0.1) is 6.10 Å². The van der Waals surface area contributed by atoms with E-state index in [0.29, 0.717) is 0 Å². The van der Waals surface area contributed by atoms with Gasteiger partial charge in [-0.2, -0.15) is 0 Å². The zero-order valence-corrected chi connectivity index (χ0v) is 18.7. The fourth-order valence-electron chi connectivity index (χ4n) is 3.30. The van der Waals surface area contributed by atoms with E-state index in [1.54, 1.807) is 14.2 Å². The van der Waals surface area contributed by atoms with Crippen LogP contribution in [0.15, 0.2) is 12.7 Å². The van der Waals surface area contributed by atoms with E-state index in [9.17, 15) is 4.79 Å². The summed E-state index contributed by atoms with van der Waals surface area (Å²) in [6.45, 7) is 7.54. The van der Waals surface area contributed by atoms with Gasteiger partial charge in [-0.15, -0.1) is 0 Å². The first kappa shape index (κ1) is 25.3. The molecular formula is C21H42O4Si. The molecule has 1 atom stereocenters. The number of hydrogen-bond donors (Lipinski definition) is 0. The highest BCUT2D eigenvalue weighted by Gasteiger charge is 2.32. The summed E-state index contributed by atoms with van der Waals surface area (Å²) in [4.78, 5) is 11.1. The van der Waals surface area contributed by atoms with Crippen LogP contribution in [0.1, 0.15) is 84.5 Å². The quantitative estimate of drug-likeness (QED) is 0.123. The van der Waals surface area contributed by atoms with Crippen molar-refractivity contribution in [1.82, 2.24) is 0 Å². The Morgan fingerprint density at radius 3 is 1.81 bits per heavy atom. The number of unbranched alkanes of at least 4 members (excludes halogenated alkanes) is 9. The molecule has 0 amide bonds. The number of esters is 1. The van der Waals surface area contributed by atoms with E-state index in [2.05, 4.69) is 13.5 Å². The number of rotatable bonds is 18. The van der Waals surface area contributed by atoms with E-state index < -0.39 is 8.56 Å². The molecule has 154 valence electrons. The number of ether oxygens (including phenoxy) is 1. The number of hydrogen-bond acceptors (Lipinski definition) is 4. The minimum absolute atomic E-state index is 0.00576. The van der Waals surface area contributed by atoms with Crippen LogP contribution in [0.3, 0.4) is 0 Å². The molecule has 0 spiro atoms. The van der Waals surface area contributed by atoms with Crippen LogP contribution < -0.4 is 0 Å². The van der Waals surface area contributed by atoms with Gasteiger partial charge >= 0.3 is 14.5 Å². The van der Waals surface area contributed by atoms with Gasteiger partial charge in [-0.25, -0.2) is 4.79 Å². The Balaban J connectivity index is 3.39. The molecule has 1 unspecified atom stereocenters. The van der Waals surface area contributed by atoms with Crippen LogP contribution in [0.5, 0.6) is 0 Å². The lowest BCUT2D eigenvalue weighted by Crippen LogP contribution is -2.38. The smallest absolute Gasteiger partial charge is 0.337 e. The molecule has 0 bridgehead atoms. The van der Waals surface area contributed by atoms with Crippen molar-refractivity contribution in [3.8, 4) is 0 Å². The standard InChI is InChI=1S/C21H42O4Si/c1-6-21(22)25-20(3)18-16-14-12-10-8-9-11-13-15-17-19-26(7-2,23-4)24-5/h6,20H,1,7-19H2,2-5H3. The molecule has 0 rings (SSSR count). The fraction of sp³-hybridized carbons (Fsp3) is 0.857. The molecule has 0 aromatic carbocycles. The third-order valence-electron chi connectivity index (χ3n) is 5.19. The maximum absolute atomic E-state index is 11.1. The Bertz CT molecular complexity index is 348. The molecule has 0 saturated heterocycles. The molecular weight excluding hydrogens is 344 g/mol. The Labute approximate surface area is 162 Å². The van der Waals surface area contributed by atoms with Gasteiger partial charge in [0.2, 0.25) is 0 Å². The van der Waals surface area contributed by atoms with E-state index in [1.165, 1.54) is 63.9 Å². The molecule has 0 N–H and O–H groups in total. The molecule has 0 fully saturated rings. The lowest BCUT2D eigenvalue weighted by Gasteiger charge is -2.25. The van der Waals surface area contributed by atoms with Crippen LogP contribution in [0.2, 0.25) is 12.1 Å². The van der Waals surface area contributed by atoms with E-state index in [0.717, 1.165) is 24.9 Å². The molecule has 0 radical (unpaired) electrons. The molecule has 4 nitrogen and oxygen atoms in total. The van der Waals surface area contributed by atoms with Crippen LogP contribution in [0.25, 0.3) is 0 Å². The number of carbonyl (C=O) groups is 1. The molecule has 0 aliphatic rings. The van der Waals surface area contributed by atoms with E-state index >= 15 is 0 Å². The molecule has 0 aliphatic heterocycles. The van der Waals surface area contributed by atoms with Crippen molar-refractivity contribution in [2.45, 2.75) is 103 Å². The van der Waals surface area contributed by atoms with Crippen LogP contribution in [0, 0.1) is 0 Å². The van der Waals surface area contributed by atoms with Crippen molar-refractivity contribution < 1.29 is 18.4 Å². The van der Waals surface area contributed by atoms with Gasteiger partial charge in [0, 0.05) is 20.3 Å². The van der Waals surface area contributed by atoms with Crippen molar-refractivity contribution in [3.05, 3.63) is 12.7 Å². The lowest BCUT2D eigenvalue weighted by molar-refractivity contribution is -0.142. The SMILES string of the molecule is C=CC(=O)OC(C)CCCCCCCCCCCC[Si](CC)(OC)OC. The van der Waals surface area contributed by atoms with Gasteiger partial charge in [-0.1, -0.05) is 71.3 Å². The van der Waals surface area contributed by atoms with Gasteiger partial charge in [0.1, 0.15) is 0 Å². The maximum atomic E-state index is 11.1. The average Bonchev–Trinajstić information content (AvgIpc) is 2.66. The van der Waals surface area contributed by atoms with Crippen LogP contribution in [-0.4, -0.2) is 34.9 Å². The lowest BCUT2D eigenvalue weighted by atomic mass is 10.0. The summed E-state index contributed by atoms with van der Waals surface area (Å²) in [6.07, 6.45) is 15.0. The summed E-state index contributed by atoms with van der Waals surface area (Å²) in [5.41, 5.74) is 0. The highest BCUT2D eigenvalue weighted by Crippen LogP contribution is 2.21. The summed E-state index contributed by atoms with van der Waals surface area (Å²) in [5.74, 6) is -0.315. The van der Waals surface area contributed by atoms with E-state index in [-0.39, 0.29) is 12.1 Å². The zero-order chi connectivity index (χ0) is 19.7. The fourth-order valence-corrected chi connectivity index (χ4v) is 5.59. The molecule has 0 aromatic heterocycles. The molecule has 0 saturated carbocycles. The van der Waals surface area contributed by atoms with Crippen molar-refractivity contribution in [3.63, 3.8) is 0 Å². The predicted molar refractivity (Wildman–Crippen MR) is 112 cm³/mol. The van der Waals surface area contributed by atoms with Gasteiger partial charge in [-0.05, 0) is 31.9 Å². The summed E-state index contributed by atoms with van der Waals surface area (Å²) in [6, 6.07) is 2.16. The summed E-state index contributed by atoms with van der Waals surface area (Å²) in [7, 11) is 1.74. The second-order valence-electron chi connectivity index (χ2n) is 7.20. The van der Waals surface area contributed by atoms with E-state index in [4.69, 9.17) is 13.6 Å². The van der Waals surface area contributed by atoms with Gasteiger partial charge in [0.25, 0.3) is 0 Å². The summed E-state index contributed by atoms with van der Waals surface area (Å²) < 4.78 is 16.5. The summed E-state index contributed by atoms with van der Waals surface area (Å²) >= 11 is 0. The third kappa shape index (κ3) is 12.7. The minimum Gasteiger partial charge on any atom is -0.460 e. The summed E-state index contributed by atoms with van der Waals surface area (Å²) in [5, 5.41) is 0. The first-order chi connectivity index (χ1) is 12.5. The first-order valence-corrected chi connectivity index (χ1v) is 12.7. The van der Waals surface area contributed by atoms with Crippen molar-refractivity contribution in [2.75, 3.05) is 14.2 Å². The van der Waals surface area contributed by atoms with Crippen LogP contribution in [-0.2, 0) is 18.4 Å². The molecule has 26 heavy (non-hydrogen) atoms. The van der Waals surface area contributed by atoms with Gasteiger partial charge in [-0.3, -0.25) is 0 Å². The van der Waals surface area contributed by atoms with Crippen molar-refractivity contribution in [2.24, 2.45) is 0 Å². The zero-order valence-electron chi connectivity index (χ0n) is 17.7. The average molecular weight is 387 g/mol. The monoisotopic (exact) mass is 386 g/mol. The Hall–Kier alpha value is -0.653. The molecule has 0 aromatic rings. The van der Waals surface area contributed by atoms with Crippen LogP contribution in [0.4, 0.5) is 0 Å². The normalized spacial score (nSPS) is 12.8. The highest BCUT2D eigenvalue weighted by molar-refractivity contribution is 6.67. The Morgan fingerprint density at radius 2 is 1.38 bits per heavy atom. The minimum atomic E-state index is -1.86. The highest BCUT2D eigenvalue weighted by atomic mass is 28.4. The Morgan fingerprint density at radius 1 is 0.923 bits per heavy atom. The maximum Gasteiger partial charge on any atom is 0.337 e. The van der Waals surface area contributed by atoms with Gasteiger partial charge in [0.15, 0.2) is 0 Å². The van der Waals surface area contributed by atoms with Gasteiger partial charge < -0.3 is 13.6 Å². The number of carbonyl (C=O) groups excluding carboxylic acids is 1. The van der Waals surface area contributed by atoms with Crippen LogP contribution >= 0.6 is 0 Å². The predicted octanol–water partition coefficient (Wildman–Crippen LogP) is 6.15. The largest absolute Gasteiger partial charge is 0.460 e. The third-order valence-corrected chi connectivity index (χ3v) is 8.87. The Kier molecular flexibility index (Phi) is 16.1. The van der Waals surface area contributed by atoms with Crippen molar-refractivity contribution in [1.29, 1.82) is 0 Å². The molecule has 5 heteroatoms. The topological polar surface area (TPSA) is 44.8 Å². The molecule has 0 heterocycles. The molecule has 0 aliphatic carbocycles. The van der Waals surface area contributed by atoms with Crippen molar-refractivity contribution >= 4 is 14.5 Å². The second kappa shape index (κ2) is 16.5. The first-order valence-electron chi connectivity index (χ1n) is 10.5.